The van der Waals surface area contributed by atoms with Gasteiger partial charge in [0, 0.05) is 11.1 Å². The third kappa shape index (κ3) is 3.44. The molecule has 0 spiro atoms. The van der Waals surface area contributed by atoms with Crippen molar-refractivity contribution < 1.29 is 4.79 Å². The molecule has 2 aromatic rings. The normalized spacial score (nSPS) is 11.9. The molecule has 0 saturated heterocycles. The lowest BCUT2D eigenvalue weighted by atomic mass is 10.2. The summed E-state index contributed by atoms with van der Waals surface area (Å²) in [6.07, 6.45) is 1.47. The number of amides is 1. The van der Waals surface area contributed by atoms with E-state index < -0.39 is 0 Å². The average molecular weight is 297 g/mol. The molecule has 7 heteroatoms. The minimum atomic E-state index is -0.187. The third-order valence-corrected chi connectivity index (χ3v) is 3.96. The minimum Gasteiger partial charge on any atom is -0.345 e. The number of hydrazine groups is 1. The molecular weight excluding hydrogens is 284 g/mol. The maximum atomic E-state index is 12.0. The summed E-state index contributed by atoms with van der Waals surface area (Å²) < 4.78 is 0.705. The lowest BCUT2D eigenvalue weighted by molar-refractivity contribution is 0.0940. The van der Waals surface area contributed by atoms with E-state index in [4.69, 9.17) is 17.4 Å². The molecule has 2 aromatic heterocycles. The van der Waals surface area contributed by atoms with Gasteiger partial charge in [-0.1, -0.05) is 11.6 Å². The van der Waals surface area contributed by atoms with Gasteiger partial charge in [0.2, 0.25) is 0 Å². The molecule has 4 N–H and O–H groups in total. The van der Waals surface area contributed by atoms with Crippen LogP contribution in [0.3, 0.4) is 0 Å². The molecule has 0 aliphatic rings. The SMILES string of the molecule is CC(NC(=O)c1ccc(NN)nc1)c1ccc(Cl)s1. The largest absolute Gasteiger partial charge is 0.345 e. The maximum absolute atomic E-state index is 12.0. The third-order valence-electron chi connectivity index (χ3n) is 2.54. The van der Waals surface area contributed by atoms with E-state index in [9.17, 15) is 4.79 Å². The molecule has 2 heterocycles. The van der Waals surface area contributed by atoms with Gasteiger partial charge in [-0.15, -0.1) is 11.3 Å². The molecule has 0 aliphatic carbocycles. The second kappa shape index (κ2) is 6.01. The highest BCUT2D eigenvalue weighted by Crippen LogP contribution is 2.26. The van der Waals surface area contributed by atoms with Crippen molar-refractivity contribution in [3.8, 4) is 0 Å². The zero-order valence-corrected chi connectivity index (χ0v) is 11.8. The molecule has 5 nitrogen and oxygen atoms in total. The minimum absolute atomic E-state index is 0.0997. The van der Waals surface area contributed by atoms with Gasteiger partial charge >= 0.3 is 0 Å². The number of nitrogen functional groups attached to an aromatic ring is 1. The number of rotatable bonds is 4. The number of carbonyl (C=O) groups is 1. The van der Waals surface area contributed by atoms with E-state index in [0.29, 0.717) is 15.7 Å². The van der Waals surface area contributed by atoms with E-state index in [1.807, 2.05) is 19.1 Å². The van der Waals surface area contributed by atoms with Gasteiger partial charge in [0.05, 0.1) is 15.9 Å². The van der Waals surface area contributed by atoms with Gasteiger partial charge in [-0.2, -0.15) is 0 Å². The Balaban J connectivity index is 2.03. The Kier molecular flexibility index (Phi) is 4.36. The van der Waals surface area contributed by atoms with Crippen molar-refractivity contribution in [3.63, 3.8) is 0 Å². The molecule has 0 saturated carbocycles. The summed E-state index contributed by atoms with van der Waals surface area (Å²) in [5, 5.41) is 2.88. The highest BCUT2D eigenvalue weighted by Gasteiger charge is 2.13. The number of hydrogen-bond donors (Lipinski definition) is 3. The van der Waals surface area contributed by atoms with Gasteiger partial charge in [0.15, 0.2) is 0 Å². The van der Waals surface area contributed by atoms with E-state index in [-0.39, 0.29) is 11.9 Å². The van der Waals surface area contributed by atoms with Crippen molar-refractivity contribution in [1.29, 1.82) is 0 Å². The fraction of sp³-hybridized carbons (Fsp3) is 0.167. The molecule has 1 amide bonds. The summed E-state index contributed by atoms with van der Waals surface area (Å²) in [5.41, 5.74) is 2.89. The van der Waals surface area contributed by atoms with Gasteiger partial charge < -0.3 is 10.7 Å². The summed E-state index contributed by atoms with van der Waals surface area (Å²) in [5.74, 6) is 5.53. The quantitative estimate of drug-likeness (QED) is 0.598. The van der Waals surface area contributed by atoms with E-state index in [1.165, 1.54) is 17.5 Å². The molecular formula is C12H13ClN4OS. The predicted octanol–water partition coefficient (Wildman–Crippen LogP) is 2.57. The number of aromatic nitrogens is 1. The van der Waals surface area contributed by atoms with Gasteiger partial charge in [0.1, 0.15) is 5.82 Å². The van der Waals surface area contributed by atoms with E-state index in [0.717, 1.165) is 4.88 Å². The molecule has 1 unspecified atom stereocenters. The maximum Gasteiger partial charge on any atom is 0.253 e. The first-order valence-corrected chi connectivity index (χ1v) is 6.78. The smallest absolute Gasteiger partial charge is 0.253 e. The van der Waals surface area contributed by atoms with Crippen LogP contribution in [0.15, 0.2) is 30.5 Å². The standard InChI is InChI=1S/C12H13ClN4OS/c1-7(9-3-4-10(13)19-9)16-12(18)8-2-5-11(17-14)15-6-8/h2-7H,14H2,1H3,(H,15,17)(H,16,18). The fourth-order valence-electron chi connectivity index (χ4n) is 1.53. The van der Waals surface area contributed by atoms with Crippen molar-refractivity contribution in [2.75, 3.05) is 5.43 Å². The number of nitrogens with two attached hydrogens (primary N) is 1. The lowest BCUT2D eigenvalue weighted by Crippen LogP contribution is -2.26. The number of anilines is 1. The van der Waals surface area contributed by atoms with Crippen molar-refractivity contribution >= 4 is 34.7 Å². The Morgan fingerprint density at radius 1 is 1.42 bits per heavy atom. The topological polar surface area (TPSA) is 80.0 Å². The zero-order valence-electron chi connectivity index (χ0n) is 10.2. The van der Waals surface area contributed by atoms with E-state index >= 15 is 0 Å². The summed E-state index contributed by atoms with van der Waals surface area (Å²) in [6.45, 7) is 1.91. The molecule has 0 radical (unpaired) electrons. The molecule has 0 bridgehead atoms. The van der Waals surface area contributed by atoms with Crippen LogP contribution in [0.4, 0.5) is 5.82 Å². The van der Waals surface area contributed by atoms with Crippen molar-refractivity contribution in [2.45, 2.75) is 13.0 Å². The summed E-state index contributed by atoms with van der Waals surface area (Å²) >= 11 is 7.32. The Bertz CT molecular complexity index is 569. The van der Waals surface area contributed by atoms with Crippen LogP contribution in [0.5, 0.6) is 0 Å². The fourth-order valence-corrected chi connectivity index (χ4v) is 2.59. The van der Waals surface area contributed by atoms with Crippen LogP contribution in [0.1, 0.15) is 28.2 Å². The molecule has 1 atom stereocenters. The molecule has 0 fully saturated rings. The Labute approximate surface area is 119 Å². The van der Waals surface area contributed by atoms with E-state index in [1.54, 1.807) is 12.1 Å². The van der Waals surface area contributed by atoms with Gasteiger partial charge in [-0.3, -0.25) is 4.79 Å². The first-order chi connectivity index (χ1) is 9.10. The number of pyridine rings is 1. The van der Waals surface area contributed by atoms with Crippen LogP contribution in [0, 0.1) is 0 Å². The summed E-state index contributed by atoms with van der Waals surface area (Å²) in [7, 11) is 0. The average Bonchev–Trinajstić information content (AvgIpc) is 2.85. The Morgan fingerprint density at radius 2 is 2.21 bits per heavy atom. The van der Waals surface area contributed by atoms with Gasteiger partial charge in [-0.25, -0.2) is 10.8 Å². The van der Waals surface area contributed by atoms with Crippen LogP contribution < -0.4 is 16.6 Å². The van der Waals surface area contributed by atoms with Crippen molar-refractivity contribution in [1.82, 2.24) is 10.3 Å². The Morgan fingerprint density at radius 3 is 2.74 bits per heavy atom. The van der Waals surface area contributed by atoms with E-state index in [2.05, 4.69) is 15.7 Å². The monoisotopic (exact) mass is 296 g/mol. The first-order valence-electron chi connectivity index (χ1n) is 5.59. The van der Waals surface area contributed by atoms with Crippen molar-refractivity contribution in [2.24, 2.45) is 5.84 Å². The number of thiophene rings is 1. The zero-order chi connectivity index (χ0) is 13.8. The van der Waals surface area contributed by atoms with Gasteiger partial charge in [-0.05, 0) is 31.2 Å². The predicted molar refractivity (Wildman–Crippen MR) is 77.3 cm³/mol. The number of nitrogens with one attached hydrogen (secondary N) is 2. The Hall–Kier alpha value is -1.63. The second-order valence-corrected chi connectivity index (χ2v) is 5.66. The molecule has 0 aliphatic heterocycles. The molecule has 100 valence electrons. The lowest BCUT2D eigenvalue weighted by Gasteiger charge is -2.12. The van der Waals surface area contributed by atoms with Crippen LogP contribution in [0.2, 0.25) is 4.34 Å². The summed E-state index contributed by atoms with van der Waals surface area (Å²) in [6, 6.07) is 6.91. The number of carbonyl (C=O) groups excluding carboxylic acids is 1. The summed E-state index contributed by atoms with van der Waals surface area (Å²) in [4.78, 5) is 17.0. The van der Waals surface area contributed by atoms with Crippen LogP contribution in [-0.2, 0) is 0 Å². The van der Waals surface area contributed by atoms with Crippen molar-refractivity contribution in [3.05, 3.63) is 45.2 Å². The first kappa shape index (κ1) is 13.8. The van der Waals surface area contributed by atoms with Crippen LogP contribution in [0.25, 0.3) is 0 Å². The second-order valence-electron chi connectivity index (χ2n) is 3.91. The highest BCUT2D eigenvalue weighted by molar-refractivity contribution is 7.16. The van der Waals surface area contributed by atoms with Gasteiger partial charge in [0.25, 0.3) is 5.91 Å². The van der Waals surface area contributed by atoms with Crippen LogP contribution >= 0.6 is 22.9 Å². The highest BCUT2D eigenvalue weighted by atomic mass is 35.5. The molecule has 0 aromatic carbocycles. The molecule has 19 heavy (non-hydrogen) atoms. The van der Waals surface area contributed by atoms with Crippen LogP contribution in [-0.4, -0.2) is 10.9 Å². The number of nitrogens with zero attached hydrogens (tertiary/aromatic N) is 1. The number of halogens is 1. The molecule has 2 rings (SSSR count). The number of hydrogen-bond acceptors (Lipinski definition) is 5.